The van der Waals surface area contributed by atoms with Gasteiger partial charge >= 0.3 is 0 Å². The van der Waals surface area contributed by atoms with E-state index in [1.807, 2.05) is 26.0 Å². The second-order valence-corrected chi connectivity index (χ2v) is 9.00. The van der Waals surface area contributed by atoms with E-state index in [1.54, 1.807) is 16.7 Å². The highest BCUT2D eigenvalue weighted by Gasteiger charge is 2.20. The summed E-state index contributed by atoms with van der Waals surface area (Å²) in [4.78, 5) is 36.8. The molecule has 0 saturated carbocycles. The van der Waals surface area contributed by atoms with Crippen molar-refractivity contribution in [3.05, 3.63) is 34.6 Å². The summed E-state index contributed by atoms with van der Waals surface area (Å²) in [6.45, 7) is 6.84. The van der Waals surface area contributed by atoms with Crippen molar-refractivity contribution in [2.45, 2.75) is 38.4 Å². The fourth-order valence-electron chi connectivity index (χ4n) is 3.44. The van der Waals surface area contributed by atoms with Crippen molar-refractivity contribution in [2.24, 2.45) is 0 Å². The molecule has 0 bridgehead atoms. The predicted octanol–water partition coefficient (Wildman–Crippen LogP) is 3.60. The maximum atomic E-state index is 13.0. The molecule has 0 atom stereocenters. The van der Waals surface area contributed by atoms with Gasteiger partial charge in [0.05, 0.1) is 12.4 Å². The minimum absolute atomic E-state index is 0.0927. The third-order valence-electron chi connectivity index (χ3n) is 4.94. The van der Waals surface area contributed by atoms with Crippen molar-refractivity contribution in [3.8, 4) is 5.75 Å². The van der Waals surface area contributed by atoms with Crippen LogP contribution < -0.4 is 20.5 Å². The lowest BCUT2D eigenvalue weighted by Gasteiger charge is -2.11. The maximum absolute atomic E-state index is 13.0. The van der Waals surface area contributed by atoms with Crippen LogP contribution in [0.5, 0.6) is 5.75 Å². The smallest absolute Gasteiger partial charge is 0.273 e. The van der Waals surface area contributed by atoms with Crippen LogP contribution in [0.2, 0.25) is 0 Å². The van der Waals surface area contributed by atoms with E-state index in [9.17, 15) is 9.59 Å². The van der Waals surface area contributed by atoms with Crippen molar-refractivity contribution in [1.82, 2.24) is 14.5 Å². The Balaban J connectivity index is 1.48. The Morgan fingerprint density at radius 3 is 2.61 bits per heavy atom. The predicted molar refractivity (Wildman–Crippen MR) is 126 cm³/mol. The lowest BCUT2D eigenvalue weighted by Crippen LogP contribution is -2.23. The van der Waals surface area contributed by atoms with Gasteiger partial charge in [0, 0.05) is 25.3 Å². The number of hydrogen-bond acceptors (Lipinski definition) is 8. The molecule has 0 unspecified atom stereocenters. The Bertz CT molecular complexity index is 1120. The van der Waals surface area contributed by atoms with E-state index in [2.05, 4.69) is 20.2 Å². The number of carbonyl (C=O) groups excluding carboxylic acids is 1. The summed E-state index contributed by atoms with van der Waals surface area (Å²) >= 11 is 2.66. The normalized spacial score (nSPS) is 13.7. The number of ether oxygens (including phenoxy) is 1. The van der Waals surface area contributed by atoms with E-state index in [1.165, 1.54) is 23.1 Å². The minimum Gasteiger partial charge on any atom is -0.494 e. The fourth-order valence-corrected chi connectivity index (χ4v) is 5.30. The average molecular weight is 460 g/mol. The van der Waals surface area contributed by atoms with E-state index in [4.69, 9.17) is 4.74 Å². The number of amides is 1. The summed E-state index contributed by atoms with van der Waals surface area (Å²) in [7, 11) is 0. The lowest BCUT2D eigenvalue weighted by molar-refractivity contribution is -0.113. The summed E-state index contributed by atoms with van der Waals surface area (Å²) in [6, 6.07) is 7.23. The van der Waals surface area contributed by atoms with Gasteiger partial charge in [0.25, 0.3) is 5.56 Å². The topological polar surface area (TPSA) is 89.3 Å². The largest absolute Gasteiger partial charge is 0.494 e. The molecule has 1 saturated heterocycles. The van der Waals surface area contributed by atoms with Gasteiger partial charge < -0.3 is 15.0 Å². The summed E-state index contributed by atoms with van der Waals surface area (Å²) in [5.41, 5.74) is 1.07. The molecule has 1 aliphatic heterocycles. The zero-order valence-electron chi connectivity index (χ0n) is 17.6. The highest BCUT2D eigenvalue weighted by Crippen LogP contribution is 2.29. The first kappa shape index (κ1) is 21.6. The second-order valence-electron chi connectivity index (χ2n) is 7.08. The van der Waals surface area contributed by atoms with Crippen LogP contribution in [0.4, 0.5) is 10.8 Å². The molecule has 4 rings (SSSR count). The van der Waals surface area contributed by atoms with Gasteiger partial charge in [0.15, 0.2) is 15.9 Å². The van der Waals surface area contributed by atoms with Crippen LogP contribution in [0.25, 0.3) is 10.3 Å². The molecule has 0 spiro atoms. The quantitative estimate of drug-likeness (QED) is 0.407. The number of nitrogens with one attached hydrogen (secondary N) is 1. The van der Waals surface area contributed by atoms with E-state index in [-0.39, 0.29) is 17.2 Å². The van der Waals surface area contributed by atoms with Crippen LogP contribution in [-0.4, -0.2) is 45.9 Å². The van der Waals surface area contributed by atoms with Crippen molar-refractivity contribution in [3.63, 3.8) is 0 Å². The highest BCUT2D eigenvalue weighted by atomic mass is 32.2. The van der Waals surface area contributed by atoms with Gasteiger partial charge in [-0.25, -0.2) is 4.98 Å². The van der Waals surface area contributed by atoms with Crippen molar-refractivity contribution in [1.29, 1.82) is 0 Å². The summed E-state index contributed by atoms with van der Waals surface area (Å²) in [6.07, 6.45) is 2.29. The number of carbonyl (C=O) groups is 1. The fraction of sp³-hybridized carbons (Fsp3) is 0.429. The molecular weight excluding hydrogens is 434 g/mol. The van der Waals surface area contributed by atoms with Gasteiger partial charge in [-0.2, -0.15) is 4.98 Å². The maximum Gasteiger partial charge on any atom is 0.273 e. The monoisotopic (exact) mass is 459 g/mol. The second kappa shape index (κ2) is 9.69. The van der Waals surface area contributed by atoms with E-state index in [0.29, 0.717) is 34.3 Å². The summed E-state index contributed by atoms with van der Waals surface area (Å²) in [5.74, 6) is 0.743. The summed E-state index contributed by atoms with van der Waals surface area (Å²) < 4.78 is 7.60. The van der Waals surface area contributed by atoms with Crippen molar-refractivity contribution in [2.75, 3.05) is 35.7 Å². The molecule has 1 aliphatic rings. The summed E-state index contributed by atoms with van der Waals surface area (Å²) in [5, 5.41) is 4.23. The number of fused-ring (bicyclic) bond motifs is 1. The van der Waals surface area contributed by atoms with Crippen LogP contribution in [0.15, 0.2) is 34.2 Å². The molecule has 10 heteroatoms. The number of benzene rings is 1. The first-order valence-electron chi connectivity index (χ1n) is 10.4. The molecule has 1 aromatic carbocycles. The molecule has 3 heterocycles. The van der Waals surface area contributed by atoms with Crippen LogP contribution >= 0.6 is 23.1 Å². The number of nitrogens with zero attached hydrogens (tertiary/aromatic N) is 4. The SMILES string of the molecule is CCOc1ccc(NC(=O)CSc2nc3nc(N4CCCC4)sc3c(=O)n2CC)cc1. The van der Waals surface area contributed by atoms with E-state index >= 15 is 0 Å². The average Bonchev–Trinajstić information content (AvgIpc) is 3.44. The lowest BCUT2D eigenvalue weighted by atomic mass is 10.3. The number of aromatic nitrogens is 3. The van der Waals surface area contributed by atoms with Gasteiger partial charge in [-0.05, 0) is 51.0 Å². The van der Waals surface area contributed by atoms with Gasteiger partial charge in [0.1, 0.15) is 10.4 Å². The molecule has 2 aromatic heterocycles. The first-order valence-corrected chi connectivity index (χ1v) is 12.2. The number of thioether (sulfide) groups is 1. The number of anilines is 2. The Morgan fingerprint density at radius 2 is 1.94 bits per heavy atom. The highest BCUT2D eigenvalue weighted by molar-refractivity contribution is 7.99. The van der Waals surface area contributed by atoms with Crippen LogP contribution in [0, 0.1) is 0 Å². The molecule has 1 N–H and O–H groups in total. The molecule has 1 fully saturated rings. The van der Waals surface area contributed by atoms with Crippen LogP contribution in [0.1, 0.15) is 26.7 Å². The number of thiazole rings is 1. The number of hydrogen-bond donors (Lipinski definition) is 1. The third kappa shape index (κ3) is 4.85. The van der Waals surface area contributed by atoms with E-state index < -0.39 is 0 Å². The van der Waals surface area contributed by atoms with Crippen LogP contribution in [0.3, 0.4) is 0 Å². The molecule has 8 nitrogen and oxygen atoms in total. The van der Waals surface area contributed by atoms with Gasteiger partial charge in [-0.15, -0.1) is 0 Å². The molecule has 0 aliphatic carbocycles. The van der Waals surface area contributed by atoms with Crippen molar-refractivity contribution < 1.29 is 9.53 Å². The molecule has 0 radical (unpaired) electrons. The molecular formula is C21H25N5O3S2. The Morgan fingerprint density at radius 1 is 1.19 bits per heavy atom. The molecule has 31 heavy (non-hydrogen) atoms. The van der Waals surface area contributed by atoms with Crippen molar-refractivity contribution >= 4 is 50.2 Å². The van der Waals surface area contributed by atoms with Crippen LogP contribution in [-0.2, 0) is 11.3 Å². The van der Waals surface area contributed by atoms with E-state index in [0.717, 1.165) is 36.8 Å². The Kier molecular flexibility index (Phi) is 6.77. The molecule has 1 amide bonds. The first-order chi connectivity index (χ1) is 15.1. The Hall–Kier alpha value is -2.59. The third-order valence-corrected chi connectivity index (χ3v) is 7.01. The van der Waals surface area contributed by atoms with Gasteiger partial charge in [-0.1, -0.05) is 23.1 Å². The zero-order valence-corrected chi connectivity index (χ0v) is 19.2. The van der Waals surface area contributed by atoms with Gasteiger partial charge in [0.2, 0.25) is 5.91 Å². The van der Waals surface area contributed by atoms with Gasteiger partial charge in [-0.3, -0.25) is 14.2 Å². The Labute approximate surface area is 188 Å². The molecule has 3 aromatic rings. The standard InChI is InChI=1S/C21H25N5O3S2/c1-3-26-19(28)17-18(23-20(31-17)25-11-5-6-12-25)24-21(26)30-13-16(27)22-14-7-9-15(10-8-14)29-4-2/h7-10H,3-6,11-13H2,1-2H3,(H,22,27). The minimum atomic E-state index is -0.165. The zero-order chi connectivity index (χ0) is 21.8. The molecule has 164 valence electrons. The number of rotatable bonds is 8.